The van der Waals surface area contributed by atoms with Gasteiger partial charge in [0.2, 0.25) is 0 Å². The number of ether oxygens (including phenoxy) is 1. The Balaban J connectivity index is 2.19. The van der Waals surface area contributed by atoms with Gasteiger partial charge in [-0.3, -0.25) is 0 Å². The quantitative estimate of drug-likeness (QED) is 0.856. The van der Waals surface area contributed by atoms with E-state index in [1.807, 2.05) is 0 Å². The van der Waals surface area contributed by atoms with E-state index in [2.05, 4.69) is 37.4 Å². The molecule has 3 heteroatoms. The van der Waals surface area contributed by atoms with Crippen LogP contribution >= 0.6 is 11.6 Å². The summed E-state index contributed by atoms with van der Waals surface area (Å²) in [6.07, 6.45) is 0. The molecule has 0 aromatic heterocycles. The van der Waals surface area contributed by atoms with Gasteiger partial charge in [-0.2, -0.15) is 0 Å². The minimum absolute atomic E-state index is 0.285. The lowest BCUT2D eigenvalue weighted by Gasteiger charge is -2.24. The summed E-state index contributed by atoms with van der Waals surface area (Å²) in [6, 6.07) is 6.61. The highest BCUT2D eigenvalue weighted by molar-refractivity contribution is 6.31. The molecule has 0 aliphatic carbocycles. The van der Waals surface area contributed by atoms with E-state index in [1.165, 1.54) is 11.1 Å². The molecule has 0 spiro atoms. The third-order valence-corrected chi connectivity index (χ3v) is 3.30. The maximum atomic E-state index is 6.28. The molecule has 1 saturated heterocycles. The molecule has 16 heavy (non-hydrogen) atoms. The Morgan fingerprint density at radius 2 is 2.25 bits per heavy atom. The maximum Gasteiger partial charge on any atom is 0.0662 e. The van der Waals surface area contributed by atoms with Gasteiger partial charge < -0.3 is 10.1 Å². The third kappa shape index (κ3) is 2.57. The fourth-order valence-corrected chi connectivity index (χ4v) is 2.42. The highest BCUT2D eigenvalue weighted by Crippen LogP contribution is 2.27. The second kappa shape index (κ2) is 5.17. The summed E-state index contributed by atoms with van der Waals surface area (Å²) in [5.41, 5.74) is 2.43. The lowest BCUT2D eigenvalue weighted by atomic mass is 9.99. The molecule has 1 N–H and O–H groups in total. The fraction of sp³-hybridized carbons (Fsp3) is 0.538. The first-order valence-electron chi connectivity index (χ1n) is 5.79. The van der Waals surface area contributed by atoms with Gasteiger partial charge in [0.15, 0.2) is 0 Å². The minimum Gasteiger partial charge on any atom is -0.378 e. The fourth-order valence-electron chi connectivity index (χ4n) is 2.01. The Morgan fingerprint density at radius 1 is 1.44 bits per heavy atom. The Morgan fingerprint density at radius 3 is 2.81 bits per heavy atom. The average molecular weight is 240 g/mol. The van der Waals surface area contributed by atoms with E-state index in [-0.39, 0.29) is 6.04 Å². The molecule has 1 aromatic carbocycles. The van der Waals surface area contributed by atoms with Crippen molar-refractivity contribution in [2.45, 2.75) is 25.8 Å². The van der Waals surface area contributed by atoms with Crippen LogP contribution in [0.15, 0.2) is 18.2 Å². The van der Waals surface area contributed by atoms with Crippen LogP contribution in [0.5, 0.6) is 0 Å². The first-order valence-corrected chi connectivity index (χ1v) is 6.16. The lowest BCUT2D eigenvalue weighted by Crippen LogP contribution is -2.34. The average Bonchev–Trinajstić information content (AvgIpc) is 2.29. The van der Waals surface area contributed by atoms with Crippen LogP contribution < -0.4 is 5.32 Å². The topological polar surface area (TPSA) is 21.3 Å². The van der Waals surface area contributed by atoms with Crippen LogP contribution in [0.2, 0.25) is 5.02 Å². The standard InChI is InChI=1S/C13H18ClNO/c1-9(2)11-4-3-10(7-12(11)14)13-8-16-6-5-15-13/h3-4,7,9,13,15H,5-6,8H2,1-2H3. The van der Waals surface area contributed by atoms with Crippen molar-refractivity contribution in [3.8, 4) is 0 Å². The van der Waals surface area contributed by atoms with Crippen LogP contribution in [-0.2, 0) is 4.74 Å². The first-order chi connectivity index (χ1) is 7.68. The van der Waals surface area contributed by atoms with E-state index in [9.17, 15) is 0 Å². The van der Waals surface area contributed by atoms with Gasteiger partial charge in [-0.15, -0.1) is 0 Å². The number of rotatable bonds is 2. The van der Waals surface area contributed by atoms with Crippen LogP contribution in [0.4, 0.5) is 0 Å². The second-order valence-electron chi connectivity index (χ2n) is 4.52. The molecule has 1 atom stereocenters. The van der Waals surface area contributed by atoms with Gasteiger partial charge in [0.1, 0.15) is 0 Å². The van der Waals surface area contributed by atoms with Crippen molar-refractivity contribution in [1.29, 1.82) is 0 Å². The zero-order chi connectivity index (χ0) is 11.5. The smallest absolute Gasteiger partial charge is 0.0662 e. The molecule has 0 radical (unpaired) electrons. The summed E-state index contributed by atoms with van der Waals surface area (Å²) in [5.74, 6) is 0.470. The molecule has 1 unspecified atom stereocenters. The number of hydrogen-bond donors (Lipinski definition) is 1. The predicted octanol–water partition coefficient (Wildman–Crippen LogP) is 3.12. The van der Waals surface area contributed by atoms with Crippen LogP contribution in [0.1, 0.15) is 36.9 Å². The molecule has 1 aromatic rings. The Hall–Kier alpha value is -0.570. The number of halogens is 1. The molecule has 0 amide bonds. The summed E-state index contributed by atoms with van der Waals surface area (Å²) >= 11 is 6.28. The third-order valence-electron chi connectivity index (χ3n) is 2.97. The van der Waals surface area contributed by atoms with E-state index in [1.54, 1.807) is 0 Å². The van der Waals surface area contributed by atoms with Crippen molar-refractivity contribution in [3.63, 3.8) is 0 Å². The van der Waals surface area contributed by atoms with Crippen molar-refractivity contribution in [2.75, 3.05) is 19.8 Å². The summed E-state index contributed by atoms with van der Waals surface area (Å²) in [4.78, 5) is 0. The normalized spacial score (nSPS) is 21.4. The summed E-state index contributed by atoms with van der Waals surface area (Å²) < 4.78 is 5.45. The van der Waals surface area contributed by atoms with E-state index in [0.29, 0.717) is 5.92 Å². The number of morpholine rings is 1. The predicted molar refractivity (Wildman–Crippen MR) is 67.1 cm³/mol. The molecule has 1 heterocycles. The van der Waals surface area contributed by atoms with E-state index in [4.69, 9.17) is 16.3 Å². The van der Waals surface area contributed by atoms with Gasteiger partial charge in [0.25, 0.3) is 0 Å². The van der Waals surface area contributed by atoms with Crippen LogP contribution in [-0.4, -0.2) is 19.8 Å². The zero-order valence-corrected chi connectivity index (χ0v) is 10.6. The SMILES string of the molecule is CC(C)c1ccc(C2COCCN2)cc1Cl. The number of hydrogen-bond acceptors (Lipinski definition) is 2. The monoisotopic (exact) mass is 239 g/mol. The molecular formula is C13H18ClNO. The van der Waals surface area contributed by atoms with Crippen LogP contribution in [0, 0.1) is 0 Å². The molecule has 0 bridgehead atoms. The molecule has 0 saturated carbocycles. The molecular weight excluding hydrogens is 222 g/mol. The first kappa shape index (κ1) is 11.9. The van der Waals surface area contributed by atoms with Gasteiger partial charge in [-0.05, 0) is 23.1 Å². The summed E-state index contributed by atoms with van der Waals surface area (Å²) in [7, 11) is 0. The minimum atomic E-state index is 0.285. The van der Waals surface area contributed by atoms with Gasteiger partial charge in [-0.25, -0.2) is 0 Å². The molecule has 88 valence electrons. The van der Waals surface area contributed by atoms with E-state index in [0.717, 1.165) is 24.8 Å². The van der Waals surface area contributed by atoms with Gasteiger partial charge in [0.05, 0.1) is 19.3 Å². The van der Waals surface area contributed by atoms with Crippen molar-refractivity contribution in [1.82, 2.24) is 5.32 Å². The zero-order valence-electron chi connectivity index (χ0n) is 9.79. The number of benzene rings is 1. The molecule has 1 aliphatic heterocycles. The van der Waals surface area contributed by atoms with E-state index >= 15 is 0 Å². The largest absolute Gasteiger partial charge is 0.378 e. The Labute approximate surface area is 102 Å². The van der Waals surface area contributed by atoms with Crippen LogP contribution in [0.3, 0.4) is 0 Å². The van der Waals surface area contributed by atoms with Crippen molar-refractivity contribution in [3.05, 3.63) is 34.3 Å². The van der Waals surface area contributed by atoms with Gasteiger partial charge >= 0.3 is 0 Å². The Bertz CT molecular complexity index is 359. The Kier molecular flexibility index (Phi) is 3.85. The summed E-state index contributed by atoms with van der Waals surface area (Å²) in [5, 5.41) is 4.29. The maximum absolute atomic E-state index is 6.28. The van der Waals surface area contributed by atoms with E-state index < -0.39 is 0 Å². The van der Waals surface area contributed by atoms with Crippen molar-refractivity contribution < 1.29 is 4.74 Å². The van der Waals surface area contributed by atoms with Crippen LogP contribution in [0.25, 0.3) is 0 Å². The second-order valence-corrected chi connectivity index (χ2v) is 4.92. The number of nitrogens with one attached hydrogen (secondary N) is 1. The molecule has 2 rings (SSSR count). The van der Waals surface area contributed by atoms with Gasteiger partial charge in [-0.1, -0.05) is 37.6 Å². The highest BCUT2D eigenvalue weighted by Gasteiger charge is 2.16. The van der Waals surface area contributed by atoms with Gasteiger partial charge in [0, 0.05) is 11.6 Å². The summed E-state index contributed by atoms with van der Waals surface area (Å²) in [6.45, 7) is 6.76. The molecule has 1 fully saturated rings. The molecule has 1 aliphatic rings. The molecule has 2 nitrogen and oxygen atoms in total. The van der Waals surface area contributed by atoms with Crippen molar-refractivity contribution in [2.24, 2.45) is 0 Å². The highest BCUT2D eigenvalue weighted by atomic mass is 35.5. The lowest BCUT2D eigenvalue weighted by molar-refractivity contribution is 0.0769. The van der Waals surface area contributed by atoms with Crippen molar-refractivity contribution >= 4 is 11.6 Å².